The number of nitrogens with one attached hydrogen (secondary N) is 2. The van der Waals surface area contributed by atoms with Gasteiger partial charge in [-0.2, -0.15) is 18.4 Å². The van der Waals surface area contributed by atoms with E-state index in [9.17, 15) is 18.0 Å². The van der Waals surface area contributed by atoms with Crippen LogP contribution in [0.4, 0.5) is 13.2 Å². The van der Waals surface area contributed by atoms with Crippen molar-refractivity contribution in [1.29, 1.82) is 5.26 Å². The lowest BCUT2D eigenvalue weighted by Gasteiger charge is -2.19. The second-order valence-electron chi connectivity index (χ2n) is 4.02. The highest BCUT2D eigenvalue weighted by atomic mass is 19.4. The van der Waals surface area contributed by atoms with Gasteiger partial charge in [-0.1, -0.05) is 0 Å². The number of alkyl halides is 3. The lowest BCUT2D eigenvalue weighted by Crippen LogP contribution is -2.47. The summed E-state index contributed by atoms with van der Waals surface area (Å²) in [5.74, 6) is -2.49. The molecule has 2 atom stereocenters. The van der Waals surface area contributed by atoms with Crippen LogP contribution in [0.2, 0.25) is 0 Å². The number of nitriles is 1. The van der Waals surface area contributed by atoms with Crippen LogP contribution < -0.4 is 10.6 Å². The van der Waals surface area contributed by atoms with Gasteiger partial charge in [-0.15, -0.1) is 0 Å². The summed E-state index contributed by atoms with van der Waals surface area (Å²) in [4.78, 5) is 11.4. The minimum Gasteiger partial charge on any atom is -0.353 e. The van der Waals surface area contributed by atoms with Gasteiger partial charge in [-0.05, 0) is 20.8 Å². The van der Waals surface area contributed by atoms with E-state index in [1.165, 1.54) is 6.92 Å². The molecule has 4 nitrogen and oxygen atoms in total. The first-order chi connectivity index (χ1) is 7.68. The van der Waals surface area contributed by atoms with Crippen LogP contribution in [0, 0.1) is 17.2 Å². The number of carbonyl (C=O) groups excluding carboxylic acids is 1. The molecule has 0 bridgehead atoms. The lowest BCUT2D eigenvalue weighted by molar-refractivity contribution is -0.158. The average molecular weight is 251 g/mol. The normalized spacial score (nSPS) is 15.2. The number of amides is 1. The second kappa shape index (κ2) is 6.45. The van der Waals surface area contributed by atoms with E-state index >= 15 is 0 Å². The molecule has 0 saturated heterocycles. The van der Waals surface area contributed by atoms with Gasteiger partial charge in [-0.25, -0.2) is 0 Å². The van der Waals surface area contributed by atoms with Crippen molar-refractivity contribution in [2.24, 2.45) is 5.92 Å². The first kappa shape index (κ1) is 15.7. The maximum absolute atomic E-state index is 12.2. The van der Waals surface area contributed by atoms with Crippen LogP contribution in [0.5, 0.6) is 0 Å². The molecule has 0 aromatic rings. The van der Waals surface area contributed by atoms with Gasteiger partial charge in [-0.3, -0.25) is 4.79 Å². The molecular formula is C10H16F3N3O. The monoisotopic (exact) mass is 251 g/mol. The Hall–Kier alpha value is -1.29. The molecule has 2 unspecified atom stereocenters. The Morgan fingerprint density at radius 1 is 1.35 bits per heavy atom. The maximum Gasteiger partial charge on any atom is 0.405 e. The zero-order valence-corrected chi connectivity index (χ0v) is 9.93. The van der Waals surface area contributed by atoms with Crippen molar-refractivity contribution in [3.63, 3.8) is 0 Å². The van der Waals surface area contributed by atoms with Gasteiger partial charge in [0.25, 0.3) is 0 Å². The Bertz CT molecular complexity index is 296. The molecule has 1 amide bonds. The van der Waals surface area contributed by atoms with Gasteiger partial charge < -0.3 is 10.6 Å². The Morgan fingerprint density at radius 3 is 2.24 bits per heavy atom. The summed E-state index contributed by atoms with van der Waals surface area (Å²) in [6.07, 6.45) is -4.57. The molecule has 17 heavy (non-hydrogen) atoms. The summed E-state index contributed by atoms with van der Waals surface area (Å²) in [5.41, 5.74) is 0. The summed E-state index contributed by atoms with van der Waals surface area (Å²) < 4.78 is 36.7. The van der Waals surface area contributed by atoms with E-state index in [0.717, 1.165) is 6.07 Å². The Labute approximate surface area is 98.2 Å². The van der Waals surface area contributed by atoms with Crippen molar-refractivity contribution in [2.45, 2.75) is 39.0 Å². The first-order valence-electron chi connectivity index (χ1n) is 5.18. The van der Waals surface area contributed by atoms with Gasteiger partial charge in [0.05, 0.1) is 12.1 Å². The van der Waals surface area contributed by atoms with E-state index in [4.69, 9.17) is 5.26 Å². The van der Waals surface area contributed by atoms with E-state index in [2.05, 4.69) is 10.6 Å². The Morgan fingerprint density at radius 2 is 1.88 bits per heavy atom. The number of hydrogen-bond donors (Lipinski definition) is 2. The van der Waals surface area contributed by atoms with Crippen LogP contribution in [0.1, 0.15) is 20.8 Å². The summed E-state index contributed by atoms with van der Waals surface area (Å²) in [6.45, 7) is 4.35. The van der Waals surface area contributed by atoms with E-state index < -0.39 is 24.7 Å². The molecule has 0 spiro atoms. The predicted molar refractivity (Wildman–Crippen MR) is 55.9 cm³/mol. The van der Waals surface area contributed by atoms with E-state index in [0.29, 0.717) is 0 Å². The Kier molecular flexibility index (Phi) is 5.96. The summed E-state index contributed by atoms with van der Waals surface area (Å²) in [6, 6.07) is 0.308. The molecule has 98 valence electrons. The fourth-order valence-electron chi connectivity index (χ4n) is 1.03. The molecule has 0 heterocycles. The van der Waals surface area contributed by atoms with Crippen molar-refractivity contribution in [1.82, 2.24) is 10.6 Å². The molecule has 0 saturated carbocycles. The molecular weight excluding hydrogens is 235 g/mol. The van der Waals surface area contributed by atoms with Crippen LogP contribution in [-0.2, 0) is 4.79 Å². The number of hydrogen-bond acceptors (Lipinski definition) is 3. The van der Waals surface area contributed by atoms with E-state index in [1.54, 1.807) is 13.8 Å². The van der Waals surface area contributed by atoms with Gasteiger partial charge in [0, 0.05) is 12.6 Å². The Balaban J connectivity index is 4.20. The third-order valence-electron chi connectivity index (χ3n) is 2.00. The first-order valence-corrected chi connectivity index (χ1v) is 5.18. The van der Waals surface area contributed by atoms with Crippen molar-refractivity contribution >= 4 is 5.91 Å². The van der Waals surface area contributed by atoms with E-state index in [-0.39, 0.29) is 11.9 Å². The summed E-state index contributed by atoms with van der Waals surface area (Å²) in [7, 11) is 0. The predicted octanol–water partition coefficient (Wildman–Crippen LogP) is 1.19. The summed E-state index contributed by atoms with van der Waals surface area (Å²) in [5, 5.41) is 13.3. The van der Waals surface area contributed by atoms with Crippen molar-refractivity contribution in [2.75, 3.05) is 6.54 Å². The summed E-state index contributed by atoms with van der Waals surface area (Å²) >= 11 is 0. The zero-order chi connectivity index (χ0) is 13.6. The molecule has 0 radical (unpaired) electrons. The molecule has 0 aliphatic rings. The topological polar surface area (TPSA) is 64.9 Å². The SMILES string of the molecule is CC(C)NC(=O)C(C)NCC(C#N)C(F)(F)F. The van der Waals surface area contributed by atoms with Gasteiger partial charge in [0.1, 0.15) is 0 Å². The van der Waals surface area contributed by atoms with Crippen LogP contribution >= 0.6 is 0 Å². The number of halogens is 3. The van der Waals surface area contributed by atoms with Crippen molar-refractivity contribution in [3.05, 3.63) is 0 Å². The molecule has 0 aliphatic heterocycles. The van der Waals surface area contributed by atoms with Crippen molar-refractivity contribution < 1.29 is 18.0 Å². The number of nitrogens with zero attached hydrogens (tertiary/aromatic N) is 1. The van der Waals surface area contributed by atoms with Crippen LogP contribution in [0.3, 0.4) is 0 Å². The molecule has 0 aliphatic carbocycles. The zero-order valence-electron chi connectivity index (χ0n) is 9.93. The minimum absolute atomic E-state index is 0.0823. The standard InChI is InChI=1S/C10H16F3N3O/c1-6(2)16-9(17)7(3)15-5-8(4-14)10(11,12)13/h6-8,15H,5H2,1-3H3,(H,16,17). The maximum atomic E-state index is 12.2. The minimum atomic E-state index is -4.57. The fourth-order valence-corrected chi connectivity index (χ4v) is 1.03. The van der Waals surface area contributed by atoms with Gasteiger partial charge in [0.2, 0.25) is 5.91 Å². The fraction of sp³-hybridized carbons (Fsp3) is 0.800. The highest BCUT2D eigenvalue weighted by Crippen LogP contribution is 2.24. The van der Waals surface area contributed by atoms with E-state index in [1.807, 2.05) is 0 Å². The third kappa shape index (κ3) is 6.12. The number of carbonyl (C=O) groups is 1. The largest absolute Gasteiger partial charge is 0.405 e. The molecule has 0 aromatic heterocycles. The van der Waals surface area contributed by atoms with Crippen LogP contribution in [-0.4, -0.2) is 30.7 Å². The third-order valence-corrected chi connectivity index (χ3v) is 2.00. The quantitative estimate of drug-likeness (QED) is 0.771. The molecule has 7 heteroatoms. The second-order valence-corrected chi connectivity index (χ2v) is 4.02. The van der Waals surface area contributed by atoms with Crippen LogP contribution in [0.25, 0.3) is 0 Å². The molecule has 2 N–H and O–H groups in total. The van der Waals surface area contributed by atoms with Crippen LogP contribution in [0.15, 0.2) is 0 Å². The molecule has 0 fully saturated rings. The highest BCUT2D eigenvalue weighted by molar-refractivity contribution is 5.81. The molecule has 0 rings (SSSR count). The van der Waals surface area contributed by atoms with Gasteiger partial charge >= 0.3 is 6.18 Å². The molecule has 0 aromatic carbocycles. The van der Waals surface area contributed by atoms with Gasteiger partial charge in [0.15, 0.2) is 5.92 Å². The highest BCUT2D eigenvalue weighted by Gasteiger charge is 2.39. The van der Waals surface area contributed by atoms with Crippen molar-refractivity contribution in [3.8, 4) is 6.07 Å². The lowest BCUT2D eigenvalue weighted by atomic mass is 10.1. The average Bonchev–Trinajstić information content (AvgIpc) is 2.15. The number of rotatable bonds is 5. The smallest absolute Gasteiger partial charge is 0.353 e.